The standard InChI is InChI=1S/C22H21FN4O/c1-15-2-4-16(5-3-15)14-27-20-7-6-17(23)12-18(20)21(19(13-24)22(27)28)26-10-8-25-9-11-26/h2-7,12,25H,8-11,14H2,1H3. The molecular formula is C22H21FN4O. The van der Waals surface area contributed by atoms with Crippen LogP contribution in [0, 0.1) is 24.1 Å². The lowest BCUT2D eigenvalue weighted by Crippen LogP contribution is -2.44. The maximum atomic E-state index is 14.1. The fourth-order valence-electron chi connectivity index (χ4n) is 3.76. The van der Waals surface area contributed by atoms with E-state index >= 15 is 0 Å². The van der Waals surface area contributed by atoms with Crippen molar-refractivity contribution in [2.75, 3.05) is 31.1 Å². The molecule has 0 radical (unpaired) electrons. The van der Waals surface area contributed by atoms with Gasteiger partial charge in [-0.25, -0.2) is 4.39 Å². The molecule has 28 heavy (non-hydrogen) atoms. The van der Waals surface area contributed by atoms with Gasteiger partial charge in [0.2, 0.25) is 0 Å². The maximum Gasteiger partial charge on any atom is 0.271 e. The van der Waals surface area contributed by atoms with Gasteiger partial charge in [-0.2, -0.15) is 5.26 Å². The van der Waals surface area contributed by atoms with E-state index < -0.39 is 0 Å². The lowest BCUT2D eigenvalue weighted by molar-refractivity contribution is 0.589. The zero-order valence-corrected chi connectivity index (χ0v) is 15.7. The van der Waals surface area contributed by atoms with E-state index in [0.717, 1.165) is 24.2 Å². The minimum atomic E-state index is -0.381. The minimum Gasteiger partial charge on any atom is -0.367 e. The van der Waals surface area contributed by atoms with Gasteiger partial charge in [-0.3, -0.25) is 4.79 Å². The molecule has 0 bridgehead atoms. The number of piperazine rings is 1. The summed E-state index contributed by atoms with van der Waals surface area (Å²) in [7, 11) is 0. The van der Waals surface area contributed by atoms with Crippen molar-refractivity contribution in [1.29, 1.82) is 5.26 Å². The molecule has 4 rings (SSSR count). The van der Waals surface area contributed by atoms with Crippen molar-refractivity contribution < 1.29 is 4.39 Å². The van der Waals surface area contributed by atoms with Gasteiger partial charge in [0.25, 0.3) is 5.56 Å². The Bertz CT molecular complexity index is 1120. The maximum absolute atomic E-state index is 14.1. The normalized spacial score (nSPS) is 14.2. The lowest BCUT2D eigenvalue weighted by Gasteiger charge is -2.31. The number of hydrogen-bond acceptors (Lipinski definition) is 4. The van der Waals surface area contributed by atoms with Gasteiger partial charge in [-0.15, -0.1) is 0 Å². The van der Waals surface area contributed by atoms with Crippen LogP contribution >= 0.6 is 0 Å². The Morgan fingerprint density at radius 2 is 1.86 bits per heavy atom. The van der Waals surface area contributed by atoms with Crippen molar-refractivity contribution in [2.24, 2.45) is 0 Å². The summed E-state index contributed by atoms with van der Waals surface area (Å²) in [6, 6.07) is 14.4. The van der Waals surface area contributed by atoms with E-state index in [1.165, 1.54) is 12.1 Å². The van der Waals surface area contributed by atoms with Crippen LogP contribution in [0.2, 0.25) is 0 Å². The van der Waals surface area contributed by atoms with Crippen LogP contribution in [0.15, 0.2) is 47.3 Å². The predicted octanol–water partition coefficient (Wildman–Crippen LogP) is 2.78. The molecule has 1 aliphatic rings. The van der Waals surface area contributed by atoms with E-state index in [0.29, 0.717) is 36.2 Å². The summed E-state index contributed by atoms with van der Waals surface area (Å²) in [5.41, 5.74) is 3.01. The third kappa shape index (κ3) is 3.25. The summed E-state index contributed by atoms with van der Waals surface area (Å²) in [6.45, 7) is 5.19. The molecule has 2 heterocycles. The van der Waals surface area contributed by atoms with E-state index in [1.807, 2.05) is 36.1 Å². The molecule has 3 aromatic rings. The van der Waals surface area contributed by atoms with Crippen LogP contribution in [0.4, 0.5) is 10.1 Å². The van der Waals surface area contributed by atoms with E-state index in [9.17, 15) is 14.4 Å². The van der Waals surface area contributed by atoms with Crippen LogP contribution in [-0.2, 0) is 6.54 Å². The molecule has 0 aliphatic carbocycles. The predicted molar refractivity (Wildman–Crippen MR) is 108 cm³/mol. The zero-order valence-electron chi connectivity index (χ0n) is 15.7. The second-order valence-corrected chi connectivity index (χ2v) is 7.11. The van der Waals surface area contributed by atoms with Gasteiger partial charge in [-0.05, 0) is 30.7 Å². The number of aromatic nitrogens is 1. The SMILES string of the molecule is Cc1ccc(Cn2c(=O)c(C#N)c(N3CCNCC3)c3cc(F)ccc32)cc1. The molecule has 2 aromatic carbocycles. The molecule has 142 valence electrons. The van der Waals surface area contributed by atoms with Crippen LogP contribution in [-0.4, -0.2) is 30.7 Å². The number of fused-ring (bicyclic) bond motifs is 1. The Labute approximate surface area is 162 Å². The highest BCUT2D eigenvalue weighted by molar-refractivity contribution is 5.95. The van der Waals surface area contributed by atoms with Crippen LogP contribution in [0.25, 0.3) is 10.9 Å². The Balaban J connectivity index is 1.96. The summed E-state index contributed by atoms with van der Waals surface area (Å²) in [5.74, 6) is -0.381. The Hall–Kier alpha value is -3.17. The molecule has 0 unspecified atom stereocenters. The number of nitrogens with zero attached hydrogens (tertiary/aromatic N) is 3. The first-order chi connectivity index (χ1) is 13.6. The van der Waals surface area contributed by atoms with Crippen LogP contribution in [0.5, 0.6) is 0 Å². The van der Waals surface area contributed by atoms with E-state index in [-0.39, 0.29) is 16.9 Å². The topological polar surface area (TPSA) is 61.1 Å². The minimum absolute atomic E-state index is 0.0760. The second-order valence-electron chi connectivity index (χ2n) is 7.11. The van der Waals surface area contributed by atoms with Crippen molar-refractivity contribution in [3.63, 3.8) is 0 Å². The fourth-order valence-corrected chi connectivity index (χ4v) is 3.76. The number of benzene rings is 2. The molecular weight excluding hydrogens is 355 g/mol. The Morgan fingerprint density at radius 3 is 2.54 bits per heavy atom. The first kappa shape index (κ1) is 18.2. The van der Waals surface area contributed by atoms with Crippen molar-refractivity contribution in [3.05, 3.63) is 75.3 Å². The van der Waals surface area contributed by atoms with Crippen LogP contribution in [0.1, 0.15) is 16.7 Å². The average Bonchev–Trinajstić information content (AvgIpc) is 2.71. The molecule has 0 saturated carbocycles. The molecule has 1 aromatic heterocycles. The quantitative estimate of drug-likeness (QED) is 0.764. The van der Waals surface area contributed by atoms with Crippen molar-refractivity contribution >= 4 is 16.6 Å². The number of rotatable bonds is 3. The van der Waals surface area contributed by atoms with Gasteiger partial charge in [0.1, 0.15) is 17.4 Å². The molecule has 1 saturated heterocycles. The molecule has 0 amide bonds. The number of nitriles is 1. The zero-order chi connectivity index (χ0) is 19.7. The van der Waals surface area contributed by atoms with Gasteiger partial charge < -0.3 is 14.8 Å². The van der Waals surface area contributed by atoms with Gasteiger partial charge >= 0.3 is 0 Å². The lowest BCUT2D eigenvalue weighted by atomic mass is 10.1. The molecule has 5 nitrogen and oxygen atoms in total. The smallest absolute Gasteiger partial charge is 0.271 e. The van der Waals surface area contributed by atoms with Crippen molar-refractivity contribution in [2.45, 2.75) is 13.5 Å². The second kappa shape index (κ2) is 7.45. The summed E-state index contributed by atoms with van der Waals surface area (Å²) < 4.78 is 15.7. The summed E-state index contributed by atoms with van der Waals surface area (Å²) in [6.07, 6.45) is 0. The van der Waals surface area contributed by atoms with Crippen molar-refractivity contribution in [1.82, 2.24) is 9.88 Å². The number of anilines is 1. The average molecular weight is 376 g/mol. The molecule has 1 aliphatic heterocycles. The summed E-state index contributed by atoms with van der Waals surface area (Å²) in [4.78, 5) is 15.2. The first-order valence-electron chi connectivity index (χ1n) is 9.36. The Morgan fingerprint density at radius 1 is 1.14 bits per heavy atom. The number of aryl methyl sites for hydroxylation is 1. The molecule has 1 N–H and O–H groups in total. The van der Waals surface area contributed by atoms with Gasteiger partial charge in [-0.1, -0.05) is 29.8 Å². The van der Waals surface area contributed by atoms with Gasteiger partial charge in [0, 0.05) is 31.6 Å². The largest absolute Gasteiger partial charge is 0.367 e. The highest BCUT2D eigenvalue weighted by Gasteiger charge is 2.23. The monoisotopic (exact) mass is 376 g/mol. The number of halogens is 1. The number of nitrogens with one attached hydrogen (secondary N) is 1. The fraction of sp³-hybridized carbons (Fsp3) is 0.273. The van der Waals surface area contributed by atoms with Crippen LogP contribution in [0.3, 0.4) is 0 Å². The Kier molecular flexibility index (Phi) is 4.84. The van der Waals surface area contributed by atoms with E-state index in [1.54, 1.807) is 10.6 Å². The molecule has 1 fully saturated rings. The molecule has 0 spiro atoms. The molecule has 0 atom stereocenters. The summed E-state index contributed by atoms with van der Waals surface area (Å²) in [5, 5.41) is 13.7. The van der Waals surface area contributed by atoms with Crippen molar-refractivity contribution in [3.8, 4) is 6.07 Å². The summed E-state index contributed by atoms with van der Waals surface area (Å²) >= 11 is 0. The highest BCUT2D eigenvalue weighted by Crippen LogP contribution is 2.30. The van der Waals surface area contributed by atoms with Crippen LogP contribution < -0.4 is 15.8 Å². The van der Waals surface area contributed by atoms with E-state index in [4.69, 9.17) is 0 Å². The third-order valence-electron chi connectivity index (χ3n) is 5.21. The number of pyridine rings is 1. The third-order valence-corrected chi connectivity index (χ3v) is 5.21. The van der Waals surface area contributed by atoms with Gasteiger partial charge in [0.05, 0.1) is 17.7 Å². The van der Waals surface area contributed by atoms with Gasteiger partial charge in [0.15, 0.2) is 0 Å². The first-order valence-corrected chi connectivity index (χ1v) is 9.36. The highest BCUT2D eigenvalue weighted by atomic mass is 19.1. The molecule has 6 heteroatoms. The number of hydrogen-bond donors (Lipinski definition) is 1. The van der Waals surface area contributed by atoms with E-state index in [2.05, 4.69) is 11.4 Å².